The number of ether oxygens (including phenoxy) is 1. The minimum absolute atomic E-state index is 0.301. The fraction of sp³-hybridized carbons (Fsp3) is 0.417. The molecule has 0 fully saturated rings. The highest BCUT2D eigenvalue weighted by Gasteiger charge is 2.29. The average molecular weight is 269 g/mol. The van der Waals surface area contributed by atoms with Crippen LogP contribution in [-0.2, 0) is 25.8 Å². The molecule has 1 aromatic rings. The lowest BCUT2D eigenvalue weighted by Gasteiger charge is -2.26. The van der Waals surface area contributed by atoms with Gasteiger partial charge in [-0.1, -0.05) is 12.1 Å². The van der Waals surface area contributed by atoms with Gasteiger partial charge < -0.3 is 10.1 Å². The molecule has 2 rings (SSSR count). The molecule has 1 unspecified atom stereocenters. The molecule has 0 bridgehead atoms. The second-order valence-corrected chi connectivity index (χ2v) is 6.24. The van der Waals surface area contributed by atoms with Crippen LogP contribution >= 0.6 is 0 Å². The molecule has 0 spiro atoms. The quantitative estimate of drug-likeness (QED) is 0.789. The molecule has 1 aliphatic rings. The van der Waals surface area contributed by atoms with Gasteiger partial charge in [0, 0.05) is 12.8 Å². The topological polar surface area (TPSA) is 72.5 Å². The summed E-state index contributed by atoms with van der Waals surface area (Å²) in [4.78, 5) is 12.0. The number of sulfone groups is 1. The SMILES string of the molecule is COC(=O)C1NCCc2c1cccc2S(C)(=O)=O. The van der Waals surface area contributed by atoms with Crippen LogP contribution < -0.4 is 5.32 Å². The molecule has 0 aliphatic carbocycles. The van der Waals surface area contributed by atoms with Crippen LogP contribution in [0.4, 0.5) is 0 Å². The Labute approximate surface area is 106 Å². The largest absolute Gasteiger partial charge is 0.468 e. The number of hydrogen-bond acceptors (Lipinski definition) is 5. The predicted molar refractivity (Wildman–Crippen MR) is 66.0 cm³/mol. The maximum Gasteiger partial charge on any atom is 0.327 e. The summed E-state index contributed by atoms with van der Waals surface area (Å²) in [5.74, 6) is -0.401. The summed E-state index contributed by atoms with van der Waals surface area (Å²) in [6, 6.07) is 4.41. The normalized spacial score (nSPS) is 19.1. The second kappa shape index (κ2) is 4.70. The highest BCUT2D eigenvalue weighted by atomic mass is 32.2. The lowest BCUT2D eigenvalue weighted by Crippen LogP contribution is -2.36. The third-order valence-corrected chi connectivity index (χ3v) is 4.22. The van der Waals surface area contributed by atoms with Gasteiger partial charge in [-0.3, -0.25) is 0 Å². The minimum atomic E-state index is -3.28. The molecular formula is C12H15NO4S. The molecule has 0 saturated carbocycles. The maximum atomic E-state index is 11.7. The molecule has 0 saturated heterocycles. The Morgan fingerprint density at radius 1 is 1.44 bits per heavy atom. The molecule has 1 heterocycles. The zero-order valence-corrected chi connectivity index (χ0v) is 11.1. The van der Waals surface area contributed by atoms with Gasteiger partial charge in [-0.25, -0.2) is 13.2 Å². The van der Waals surface area contributed by atoms with Crippen LogP contribution in [-0.4, -0.2) is 34.3 Å². The predicted octanol–water partition coefficient (Wildman–Crippen LogP) is 0.450. The van der Waals surface area contributed by atoms with Crippen LogP contribution in [0.25, 0.3) is 0 Å². The third kappa shape index (κ3) is 2.26. The summed E-state index contributed by atoms with van der Waals surface area (Å²) in [5.41, 5.74) is 1.41. The number of methoxy groups -OCH3 is 1. The Morgan fingerprint density at radius 2 is 2.17 bits per heavy atom. The molecule has 0 aromatic heterocycles. The molecule has 1 aromatic carbocycles. The van der Waals surface area contributed by atoms with Gasteiger partial charge in [-0.15, -0.1) is 0 Å². The van der Waals surface area contributed by atoms with Crippen molar-refractivity contribution in [1.82, 2.24) is 5.32 Å². The fourth-order valence-corrected chi connectivity index (χ4v) is 3.24. The van der Waals surface area contributed by atoms with Crippen LogP contribution in [0.15, 0.2) is 23.1 Å². The Morgan fingerprint density at radius 3 is 2.78 bits per heavy atom. The Balaban J connectivity index is 2.57. The molecule has 1 aliphatic heterocycles. The molecule has 1 atom stereocenters. The van der Waals surface area contributed by atoms with Crippen molar-refractivity contribution >= 4 is 15.8 Å². The van der Waals surface area contributed by atoms with E-state index in [2.05, 4.69) is 5.32 Å². The maximum absolute atomic E-state index is 11.7. The lowest BCUT2D eigenvalue weighted by atomic mass is 9.94. The molecular weight excluding hydrogens is 254 g/mol. The summed E-state index contributed by atoms with van der Waals surface area (Å²) in [6.07, 6.45) is 1.77. The first-order valence-electron chi connectivity index (χ1n) is 5.58. The van der Waals surface area contributed by atoms with Crippen molar-refractivity contribution in [3.8, 4) is 0 Å². The first kappa shape index (κ1) is 13.0. The number of carbonyl (C=O) groups excluding carboxylic acids is 1. The van der Waals surface area contributed by atoms with Gasteiger partial charge in [-0.2, -0.15) is 0 Å². The van der Waals surface area contributed by atoms with E-state index in [0.717, 1.165) is 0 Å². The van der Waals surface area contributed by atoms with E-state index in [1.807, 2.05) is 0 Å². The summed E-state index contributed by atoms with van der Waals surface area (Å²) in [5, 5.41) is 3.04. The van der Waals surface area contributed by atoms with Crippen LogP contribution in [0.3, 0.4) is 0 Å². The number of benzene rings is 1. The lowest BCUT2D eigenvalue weighted by molar-refractivity contribution is -0.143. The summed E-state index contributed by atoms with van der Waals surface area (Å²) >= 11 is 0. The number of nitrogens with one attached hydrogen (secondary N) is 1. The molecule has 0 radical (unpaired) electrons. The van der Waals surface area contributed by atoms with E-state index in [0.29, 0.717) is 29.0 Å². The second-order valence-electron chi connectivity index (χ2n) is 4.26. The van der Waals surface area contributed by atoms with Crippen molar-refractivity contribution in [1.29, 1.82) is 0 Å². The Bertz CT molecular complexity index is 580. The van der Waals surface area contributed by atoms with Gasteiger partial charge in [-0.05, 0) is 23.6 Å². The number of carbonyl (C=O) groups is 1. The fourth-order valence-electron chi connectivity index (χ4n) is 2.25. The molecule has 98 valence electrons. The highest BCUT2D eigenvalue weighted by molar-refractivity contribution is 7.90. The molecule has 0 amide bonds. The van der Waals surface area contributed by atoms with E-state index in [1.165, 1.54) is 13.4 Å². The Kier molecular flexibility index (Phi) is 3.41. The molecule has 5 nitrogen and oxygen atoms in total. The standard InChI is InChI=1S/C12H15NO4S/c1-17-12(14)11-9-4-3-5-10(18(2,15)16)8(9)6-7-13-11/h3-5,11,13H,6-7H2,1-2H3. The summed E-state index contributed by atoms with van der Waals surface area (Å²) in [7, 11) is -1.96. The molecule has 6 heteroatoms. The van der Waals surface area contributed by atoms with E-state index in [4.69, 9.17) is 4.74 Å². The van der Waals surface area contributed by atoms with Crippen molar-refractivity contribution in [2.45, 2.75) is 17.4 Å². The van der Waals surface area contributed by atoms with Crippen LogP contribution in [0, 0.1) is 0 Å². The highest BCUT2D eigenvalue weighted by Crippen LogP contribution is 2.29. The first-order chi connectivity index (χ1) is 8.45. The van der Waals surface area contributed by atoms with Gasteiger partial charge in [0.25, 0.3) is 0 Å². The van der Waals surface area contributed by atoms with Crippen molar-refractivity contribution < 1.29 is 17.9 Å². The smallest absolute Gasteiger partial charge is 0.327 e. The van der Waals surface area contributed by atoms with E-state index >= 15 is 0 Å². The monoisotopic (exact) mass is 269 g/mol. The first-order valence-corrected chi connectivity index (χ1v) is 7.47. The number of hydrogen-bond donors (Lipinski definition) is 1. The van der Waals surface area contributed by atoms with Crippen molar-refractivity contribution in [2.24, 2.45) is 0 Å². The number of fused-ring (bicyclic) bond motifs is 1. The Hall–Kier alpha value is -1.40. The van der Waals surface area contributed by atoms with Crippen molar-refractivity contribution in [3.05, 3.63) is 29.3 Å². The summed E-state index contributed by atoms with van der Waals surface area (Å²) < 4.78 is 28.1. The van der Waals surface area contributed by atoms with Crippen molar-refractivity contribution in [3.63, 3.8) is 0 Å². The minimum Gasteiger partial charge on any atom is -0.468 e. The third-order valence-electron chi connectivity index (χ3n) is 3.04. The van der Waals surface area contributed by atoms with E-state index in [-0.39, 0.29) is 0 Å². The van der Waals surface area contributed by atoms with Gasteiger partial charge >= 0.3 is 5.97 Å². The number of rotatable bonds is 2. The van der Waals surface area contributed by atoms with E-state index in [9.17, 15) is 13.2 Å². The van der Waals surface area contributed by atoms with Crippen LogP contribution in [0.5, 0.6) is 0 Å². The summed E-state index contributed by atoms with van der Waals surface area (Å²) in [6.45, 7) is 0.555. The van der Waals surface area contributed by atoms with E-state index < -0.39 is 21.8 Å². The van der Waals surface area contributed by atoms with Gasteiger partial charge in [0.15, 0.2) is 9.84 Å². The van der Waals surface area contributed by atoms with Gasteiger partial charge in [0.1, 0.15) is 6.04 Å². The van der Waals surface area contributed by atoms with Crippen molar-refractivity contribution in [2.75, 3.05) is 19.9 Å². The van der Waals surface area contributed by atoms with E-state index in [1.54, 1.807) is 18.2 Å². The zero-order chi connectivity index (χ0) is 13.3. The van der Waals surface area contributed by atoms with Crippen LogP contribution in [0.1, 0.15) is 17.2 Å². The number of esters is 1. The average Bonchev–Trinajstić information content (AvgIpc) is 2.35. The van der Waals surface area contributed by atoms with Crippen LogP contribution in [0.2, 0.25) is 0 Å². The van der Waals surface area contributed by atoms with Gasteiger partial charge in [0.05, 0.1) is 12.0 Å². The van der Waals surface area contributed by atoms with Gasteiger partial charge in [0.2, 0.25) is 0 Å². The molecule has 1 N–H and O–H groups in total. The zero-order valence-electron chi connectivity index (χ0n) is 10.3. The molecule has 18 heavy (non-hydrogen) atoms.